The van der Waals surface area contributed by atoms with Crippen molar-refractivity contribution in [1.82, 2.24) is 4.98 Å². The minimum absolute atomic E-state index is 0.126. The Bertz CT molecular complexity index is 1390. The number of esters is 2. The molecular formula is C33H38N3O6+. The third-order valence-electron chi connectivity index (χ3n) is 8.62. The highest BCUT2D eigenvalue weighted by Gasteiger charge is 2.49. The molecule has 3 aromatic rings. The quantitative estimate of drug-likeness (QED) is 0.192. The van der Waals surface area contributed by atoms with Crippen LogP contribution in [0.5, 0.6) is 5.88 Å². The first-order valence-corrected chi connectivity index (χ1v) is 14.5. The van der Waals surface area contributed by atoms with Crippen LogP contribution in [0.25, 0.3) is 0 Å². The topological polar surface area (TPSA) is 104 Å². The molecule has 0 spiro atoms. The number of aromatic nitrogens is 1. The van der Waals surface area contributed by atoms with Crippen molar-refractivity contribution in [2.45, 2.75) is 31.3 Å². The highest BCUT2D eigenvalue weighted by atomic mass is 16.5. The van der Waals surface area contributed by atoms with Gasteiger partial charge in [0, 0.05) is 48.8 Å². The van der Waals surface area contributed by atoms with Gasteiger partial charge in [0.05, 0.1) is 38.8 Å². The second kappa shape index (κ2) is 13.2. The van der Waals surface area contributed by atoms with Gasteiger partial charge in [0.2, 0.25) is 11.7 Å². The second-order valence-electron chi connectivity index (χ2n) is 11.2. The van der Waals surface area contributed by atoms with Crippen LogP contribution in [0.15, 0.2) is 72.9 Å². The van der Waals surface area contributed by atoms with Gasteiger partial charge in [0.25, 0.3) is 0 Å². The number of ether oxygens (including phenoxy) is 3. The van der Waals surface area contributed by atoms with Crippen molar-refractivity contribution in [3.63, 3.8) is 0 Å². The molecule has 3 fully saturated rings. The van der Waals surface area contributed by atoms with E-state index in [1.165, 1.54) is 7.11 Å². The van der Waals surface area contributed by atoms with Crippen molar-refractivity contribution in [1.29, 1.82) is 0 Å². The van der Waals surface area contributed by atoms with Crippen LogP contribution in [0.4, 0.5) is 5.69 Å². The molecule has 2 atom stereocenters. The van der Waals surface area contributed by atoms with Gasteiger partial charge in [-0.15, -0.1) is 0 Å². The number of nitrogens with zero attached hydrogens (tertiary/aromatic N) is 2. The zero-order valence-corrected chi connectivity index (χ0v) is 24.2. The molecule has 3 aliphatic heterocycles. The molecule has 1 aromatic heterocycles. The Kier molecular flexibility index (Phi) is 9.17. The van der Waals surface area contributed by atoms with Crippen LogP contribution in [0.1, 0.15) is 51.5 Å². The number of piperidine rings is 3. The zero-order chi connectivity index (χ0) is 29.5. The van der Waals surface area contributed by atoms with Gasteiger partial charge in [-0.3, -0.25) is 9.59 Å². The SMILES string of the molecule is COC(=O)c1ccccc1NCCC(C(=O)OC1C[N+]2(CC(=O)c3ccccc3)CCC1CC2)c1ccc(OC)nc1. The summed E-state index contributed by atoms with van der Waals surface area (Å²) in [6.07, 6.45) is 3.69. The fourth-order valence-corrected chi connectivity index (χ4v) is 6.24. The molecule has 3 aliphatic rings. The van der Waals surface area contributed by atoms with Crippen LogP contribution in [-0.4, -0.2) is 80.2 Å². The third-order valence-corrected chi connectivity index (χ3v) is 8.62. The van der Waals surface area contributed by atoms with E-state index in [4.69, 9.17) is 14.2 Å². The summed E-state index contributed by atoms with van der Waals surface area (Å²) in [5.74, 6) is -0.434. The molecule has 9 heteroatoms. The lowest BCUT2D eigenvalue weighted by Gasteiger charge is -2.51. The molecule has 9 nitrogen and oxygen atoms in total. The van der Waals surface area contributed by atoms with E-state index in [0.717, 1.165) is 37.1 Å². The Morgan fingerprint density at radius 3 is 2.40 bits per heavy atom. The normalized spacial score (nSPS) is 21.7. The standard InChI is InChI=1S/C33H37N3O6/c1-40-31-13-12-25(20-35-31)26(14-17-34-28-11-7-6-10-27(28)32(38)41-2)33(39)42-30-22-36(18-15-24(30)16-19-36)21-29(37)23-8-4-3-5-9-23/h3-13,20,24,26,30H,14-19,21-22H2,1-2H3/p+1. The van der Waals surface area contributed by atoms with Gasteiger partial charge in [-0.25, -0.2) is 9.78 Å². The van der Waals surface area contributed by atoms with E-state index in [1.807, 2.05) is 42.5 Å². The van der Waals surface area contributed by atoms with E-state index >= 15 is 0 Å². The number of Topliss-reactive ketones (excluding diaryl/α,β-unsaturated/α-hetero) is 1. The lowest BCUT2D eigenvalue weighted by atomic mass is 9.82. The molecule has 0 aliphatic carbocycles. The first-order chi connectivity index (χ1) is 20.4. The number of hydrogen-bond donors (Lipinski definition) is 1. The van der Waals surface area contributed by atoms with E-state index in [0.29, 0.717) is 53.6 Å². The molecule has 0 radical (unpaired) electrons. The fraction of sp³-hybridized carbons (Fsp3) is 0.394. The number of fused-ring (bicyclic) bond motifs is 3. The van der Waals surface area contributed by atoms with Crippen molar-refractivity contribution in [3.05, 3.63) is 89.6 Å². The highest BCUT2D eigenvalue weighted by molar-refractivity contribution is 5.97. The van der Waals surface area contributed by atoms with Crippen LogP contribution in [0, 0.1) is 5.92 Å². The van der Waals surface area contributed by atoms with E-state index < -0.39 is 11.9 Å². The summed E-state index contributed by atoms with van der Waals surface area (Å²) in [5, 5.41) is 3.29. The van der Waals surface area contributed by atoms with Crippen LogP contribution in [0.3, 0.4) is 0 Å². The number of hydrogen-bond acceptors (Lipinski definition) is 8. The number of carbonyl (C=O) groups excluding carboxylic acids is 3. The first-order valence-electron chi connectivity index (χ1n) is 14.5. The van der Waals surface area contributed by atoms with Crippen molar-refractivity contribution >= 4 is 23.4 Å². The number of methoxy groups -OCH3 is 2. The smallest absolute Gasteiger partial charge is 0.339 e. The molecule has 2 aromatic carbocycles. The maximum atomic E-state index is 13.8. The molecule has 3 saturated heterocycles. The van der Waals surface area contributed by atoms with E-state index in [9.17, 15) is 14.4 Å². The van der Waals surface area contributed by atoms with E-state index in [2.05, 4.69) is 10.3 Å². The van der Waals surface area contributed by atoms with Gasteiger partial charge in [0.1, 0.15) is 13.1 Å². The molecule has 2 unspecified atom stereocenters. The summed E-state index contributed by atoms with van der Waals surface area (Å²) < 4.78 is 17.0. The monoisotopic (exact) mass is 572 g/mol. The van der Waals surface area contributed by atoms with Crippen LogP contribution < -0.4 is 10.1 Å². The third kappa shape index (κ3) is 6.62. The molecule has 0 amide bonds. The molecule has 4 heterocycles. The average molecular weight is 573 g/mol. The van der Waals surface area contributed by atoms with Gasteiger partial charge in [-0.2, -0.15) is 0 Å². The Morgan fingerprint density at radius 1 is 0.976 bits per heavy atom. The number of rotatable bonds is 12. The van der Waals surface area contributed by atoms with Crippen LogP contribution in [0.2, 0.25) is 0 Å². The number of anilines is 1. The van der Waals surface area contributed by atoms with Gasteiger partial charge in [-0.05, 0) is 24.1 Å². The Balaban J connectivity index is 1.29. The summed E-state index contributed by atoms with van der Waals surface area (Å²) in [5.41, 5.74) is 2.51. The van der Waals surface area contributed by atoms with Crippen molar-refractivity contribution in [2.24, 2.45) is 5.92 Å². The number of quaternary nitrogens is 1. The summed E-state index contributed by atoms with van der Waals surface area (Å²) in [7, 11) is 2.89. The van der Waals surface area contributed by atoms with Crippen LogP contribution in [-0.2, 0) is 14.3 Å². The molecule has 0 saturated carbocycles. The number of para-hydroxylation sites is 1. The van der Waals surface area contributed by atoms with Crippen molar-refractivity contribution in [3.8, 4) is 5.88 Å². The summed E-state index contributed by atoms with van der Waals surface area (Å²) in [6.45, 7) is 3.33. The van der Waals surface area contributed by atoms with Crippen LogP contribution >= 0.6 is 0 Å². The number of pyridine rings is 1. The maximum Gasteiger partial charge on any atom is 0.339 e. The number of benzene rings is 2. The summed E-state index contributed by atoms with van der Waals surface area (Å²) >= 11 is 0. The Hall–Kier alpha value is -4.24. The van der Waals surface area contributed by atoms with Gasteiger partial charge < -0.3 is 24.0 Å². The Labute approximate surface area is 246 Å². The number of carbonyl (C=O) groups is 3. The minimum Gasteiger partial charge on any atom is -0.481 e. The first kappa shape index (κ1) is 29.3. The van der Waals surface area contributed by atoms with Crippen molar-refractivity contribution < 1.29 is 33.1 Å². The molecule has 42 heavy (non-hydrogen) atoms. The van der Waals surface area contributed by atoms with E-state index in [1.54, 1.807) is 37.6 Å². The van der Waals surface area contributed by atoms with Gasteiger partial charge in [-0.1, -0.05) is 48.5 Å². The summed E-state index contributed by atoms with van der Waals surface area (Å²) in [6, 6.07) is 20.1. The van der Waals surface area contributed by atoms with Crippen molar-refractivity contribution in [2.75, 3.05) is 52.3 Å². The maximum absolute atomic E-state index is 13.8. The molecule has 6 rings (SSSR count). The minimum atomic E-state index is -0.573. The predicted molar refractivity (Wildman–Crippen MR) is 158 cm³/mol. The van der Waals surface area contributed by atoms with Gasteiger partial charge >= 0.3 is 11.9 Å². The molecule has 1 N–H and O–H groups in total. The lowest BCUT2D eigenvalue weighted by Crippen LogP contribution is -2.65. The van der Waals surface area contributed by atoms with E-state index in [-0.39, 0.29) is 17.9 Å². The molecule has 2 bridgehead atoms. The molecular weight excluding hydrogens is 534 g/mol. The number of nitrogens with one attached hydrogen (secondary N) is 1. The average Bonchev–Trinajstić information content (AvgIpc) is 3.03. The lowest BCUT2D eigenvalue weighted by molar-refractivity contribution is -0.938. The van der Waals surface area contributed by atoms with Gasteiger partial charge in [0.15, 0.2) is 6.10 Å². The number of ketones is 1. The fourth-order valence-electron chi connectivity index (χ4n) is 6.24. The highest BCUT2D eigenvalue weighted by Crippen LogP contribution is 2.37. The summed E-state index contributed by atoms with van der Waals surface area (Å²) in [4.78, 5) is 43.4. The largest absolute Gasteiger partial charge is 0.481 e. The predicted octanol–water partition coefficient (Wildman–Crippen LogP) is 4.50. The zero-order valence-electron chi connectivity index (χ0n) is 24.2. The Morgan fingerprint density at radius 2 is 1.71 bits per heavy atom. The molecule has 220 valence electrons. The second-order valence-corrected chi connectivity index (χ2v) is 11.2.